The van der Waals surface area contributed by atoms with Gasteiger partial charge in [0.2, 0.25) is 0 Å². The Balaban J connectivity index is 1.93. The van der Waals surface area contributed by atoms with Crippen LogP contribution in [0.2, 0.25) is 5.02 Å². The van der Waals surface area contributed by atoms with Crippen molar-refractivity contribution in [2.75, 3.05) is 5.32 Å². The highest BCUT2D eigenvalue weighted by molar-refractivity contribution is 6.30. The highest BCUT2D eigenvalue weighted by Crippen LogP contribution is 2.15. The summed E-state index contributed by atoms with van der Waals surface area (Å²) in [6.07, 6.45) is 3.35. The van der Waals surface area contributed by atoms with E-state index in [2.05, 4.69) is 20.6 Å². The molecule has 1 aromatic heterocycles. The van der Waals surface area contributed by atoms with Gasteiger partial charge in [-0.1, -0.05) is 17.7 Å². The standard InChI is InChI=1S/C12H13ClN4O/c1-8(11-14-5-6-15-11)16-12(18)17-10-4-2-3-9(13)7-10/h2-8H,1H3,(H,14,15)(H2,16,17,18). The Morgan fingerprint density at radius 2 is 2.33 bits per heavy atom. The zero-order valence-corrected chi connectivity index (χ0v) is 10.5. The molecule has 0 aliphatic carbocycles. The van der Waals surface area contributed by atoms with Gasteiger partial charge in [-0.3, -0.25) is 0 Å². The van der Waals surface area contributed by atoms with Crippen LogP contribution in [0.25, 0.3) is 0 Å². The summed E-state index contributed by atoms with van der Waals surface area (Å²) >= 11 is 5.83. The summed E-state index contributed by atoms with van der Waals surface area (Å²) in [7, 11) is 0. The Morgan fingerprint density at radius 1 is 1.50 bits per heavy atom. The summed E-state index contributed by atoms with van der Waals surface area (Å²) in [5.74, 6) is 0.705. The van der Waals surface area contributed by atoms with Crippen LogP contribution in [0.15, 0.2) is 36.7 Å². The molecule has 0 saturated carbocycles. The summed E-state index contributed by atoms with van der Waals surface area (Å²) in [5.41, 5.74) is 0.645. The zero-order valence-electron chi connectivity index (χ0n) is 9.77. The number of urea groups is 1. The number of anilines is 1. The molecule has 0 spiro atoms. The van der Waals surface area contributed by atoms with E-state index < -0.39 is 0 Å². The highest BCUT2D eigenvalue weighted by Gasteiger charge is 2.11. The van der Waals surface area contributed by atoms with E-state index in [0.717, 1.165) is 0 Å². The lowest BCUT2D eigenvalue weighted by Crippen LogP contribution is -2.31. The largest absolute Gasteiger partial charge is 0.347 e. The number of imidazole rings is 1. The van der Waals surface area contributed by atoms with Gasteiger partial charge in [0.15, 0.2) is 0 Å². The molecule has 0 saturated heterocycles. The molecular formula is C12H13ClN4O. The fourth-order valence-corrected chi connectivity index (χ4v) is 1.70. The molecule has 2 aromatic rings. The number of H-pyrrole nitrogens is 1. The van der Waals surface area contributed by atoms with E-state index in [1.807, 2.05) is 6.92 Å². The molecule has 2 amide bonds. The van der Waals surface area contributed by atoms with Gasteiger partial charge in [0.05, 0.1) is 6.04 Å². The molecule has 3 N–H and O–H groups in total. The maximum atomic E-state index is 11.7. The second-order valence-electron chi connectivity index (χ2n) is 3.80. The monoisotopic (exact) mass is 264 g/mol. The van der Waals surface area contributed by atoms with Gasteiger partial charge in [0, 0.05) is 23.1 Å². The fraction of sp³-hybridized carbons (Fsp3) is 0.167. The lowest BCUT2D eigenvalue weighted by atomic mass is 10.3. The van der Waals surface area contributed by atoms with Crippen molar-refractivity contribution in [2.24, 2.45) is 0 Å². The smallest absolute Gasteiger partial charge is 0.319 e. The van der Waals surface area contributed by atoms with Crippen molar-refractivity contribution in [3.63, 3.8) is 0 Å². The molecule has 0 aliphatic heterocycles. The minimum Gasteiger partial charge on any atom is -0.347 e. The van der Waals surface area contributed by atoms with Crippen molar-refractivity contribution in [2.45, 2.75) is 13.0 Å². The number of nitrogens with zero attached hydrogens (tertiary/aromatic N) is 1. The van der Waals surface area contributed by atoms with Gasteiger partial charge in [0.25, 0.3) is 0 Å². The first-order chi connectivity index (χ1) is 8.65. The van der Waals surface area contributed by atoms with Crippen molar-refractivity contribution in [3.05, 3.63) is 47.5 Å². The molecule has 1 unspecified atom stereocenters. The van der Waals surface area contributed by atoms with Gasteiger partial charge < -0.3 is 15.6 Å². The maximum absolute atomic E-state index is 11.7. The molecule has 0 fully saturated rings. The van der Waals surface area contributed by atoms with E-state index in [1.54, 1.807) is 36.7 Å². The Kier molecular flexibility index (Phi) is 3.84. The van der Waals surface area contributed by atoms with Crippen LogP contribution in [-0.2, 0) is 0 Å². The van der Waals surface area contributed by atoms with Crippen molar-refractivity contribution in [3.8, 4) is 0 Å². The van der Waals surface area contributed by atoms with Crippen LogP contribution in [0, 0.1) is 0 Å². The van der Waals surface area contributed by atoms with Crippen LogP contribution in [0.4, 0.5) is 10.5 Å². The Morgan fingerprint density at radius 3 is 3.00 bits per heavy atom. The SMILES string of the molecule is CC(NC(=O)Nc1cccc(Cl)c1)c1ncc[nH]1. The van der Waals surface area contributed by atoms with Crippen LogP contribution in [0.5, 0.6) is 0 Å². The Labute approximate surface area is 110 Å². The third-order valence-corrected chi connectivity index (χ3v) is 2.59. The molecule has 2 rings (SSSR count). The molecule has 0 aliphatic rings. The molecular weight excluding hydrogens is 252 g/mol. The van der Waals surface area contributed by atoms with Gasteiger partial charge in [-0.2, -0.15) is 0 Å². The highest BCUT2D eigenvalue weighted by atomic mass is 35.5. The van der Waals surface area contributed by atoms with Crippen LogP contribution < -0.4 is 10.6 Å². The summed E-state index contributed by atoms with van der Waals surface area (Å²) in [6, 6.07) is 6.46. The predicted molar refractivity (Wildman–Crippen MR) is 70.6 cm³/mol. The number of carbonyl (C=O) groups excluding carboxylic acids is 1. The number of aromatic amines is 1. The van der Waals surface area contributed by atoms with Crippen LogP contribution in [-0.4, -0.2) is 16.0 Å². The van der Waals surface area contributed by atoms with Gasteiger partial charge in [-0.15, -0.1) is 0 Å². The first-order valence-electron chi connectivity index (χ1n) is 5.47. The third-order valence-electron chi connectivity index (χ3n) is 2.36. The molecule has 6 heteroatoms. The molecule has 1 heterocycles. The van der Waals surface area contributed by atoms with Crippen molar-refractivity contribution in [1.29, 1.82) is 0 Å². The fourth-order valence-electron chi connectivity index (χ4n) is 1.51. The normalized spacial score (nSPS) is 11.9. The number of hydrogen-bond acceptors (Lipinski definition) is 2. The zero-order chi connectivity index (χ0) is 13.0. The Bertz CT molecular complexity index is 527. The number of rotatable bonds is 3. The average Bonchev–Trinajstić information content (AvgIpc) is 2.81. The van der Waals surface area contributed by atoms with E-state index in [9.17, 15) is 4.79 Å². The van der Waals surface area contributed by atoms with Crippen LogP contribution in [0.1, 0.15) is 18.8 Å². The molecule has 0 bridgehead atoms. The van der Waals surface area contributed by atoms with Crippen LogP contribution in [0.3, 0.4) is 0 Å². The second-order valence-corrected chi connectivity index (χ2v) is 4.24. The summed E-state index contributed by atoms with van der Waals surface area (Å²) in [4.78, 5) is 18.7. The number of hydrogen-bond donors (Lipinski definition) is 3. The minimum absolute atomic E-state index is 0.195. The summed E-state index contributed by atoms with van der Waals surface area (Å²) in [6.45, 7) is 1.84. The first kappa shape index (κ1) is 12.4. The molecule has 94 valence electrons. The maximum Gasteiger partial charge on any atom is 0.319 e. The number of nitrogens with one attached hydrogen (secondary N) is 3. The van der Waals surface area contributed by atoms with Crippen molar-refractivity contribution < 1.29 is 4.79 Å². The topological polar surface area (TPSA) is 69.8 Å². The first-order valence-corrected chi connectivity index (χ1v) is 5.85. The van der Waals surface area contributed by atoms with E-state index in [-0.39, 0.29) is 12.1 Å². The molecule has 5 nitrogen and oxygen atoms in total. The molecule has 18 heavy (non-hydrogen) atoms. The third kappa shape index (κ3) is 3.24. The van der Waals surface area contributed by atoms with Gasteiger partial charge in [-0.25, -0.2) is 9.78 Å². The number of amides is 2. The summed E-state index contributed by atoms with van der Waals surface area (Å²) < 4.78 is 0. The lowest BCUT2D eigenvalue weighted by Gasteiger charge is -2.12. The molecule has 1 aromatic carbocycles. The number of halogens is 1. The predicted octanol–water partition coefficient (Wildman–Crippen LogP) is 2.95. The number of aromatic nitrogens is 2. The van der Waals surface area contributed by atoms with E-state index >= 15 is 0 Å². The minimum atomic E-state index is -0.304. The molecule has 0 radical (unpaired) electrons. The van der Waals surface area contributed by atoms with E-state index in [1.165, 1.54) is 0 Å². The van der Waals surface area contributed by atoms with Gasteiger partial charge in [-0.05, 0) is 25.1 Å². The van der Waals surface area contributed by atoms with Gasteiger partial charge in [0.1, 0.15) is 5.82 Å². The number of carbonyl (C=O) groups is 1. The van der Waals surface area contributed by atoms with Gasteiger partial charge >= 0.3 is 6.03 Å². The summed E-state index contributed by atoms with van der Waals surface area (Å²) in [5, 5.41) is 6.04. The van der Waals surface area contributed by atoms with E-state index in [0.29, 0.717) is 16.5 Å². The molecule has 1 atom stereocenters. The quantitative estimate of drug-likeness (QED) is 0.798. The number of benzene rings is 1. The van der Waals surface area contributed by atoms with Crippen LogP contribution >= 0.6 is 11.6 Å². The second kappa shape index (κ2) is 5.55. The van der Waals surface area contributed by atoms with Crippen molar-refractivity contribution >= 4 is 23.3 Å². The lowest BCUT2D eigenvalue weighted by molar-refractivity contribution is 0.249. The average molecular weight is 265 g/mol. The Hall–Kier alpha value is -2.01. The van der Waals surface area contributed by atoms with Crippen molar-refractivity contribution in [1.82, 2.24) is 15.3 Å². The van der Waals surface area contributed by atoms with E-state index in [4.69, 9.17) is 11.6 Å².